The number of nitrogens with one attached hydrogen (secondary N) is 1. The topological polar surface area (TPSA) is 65.8 Å². The van der Waals surface area contributed by atoms with E-state index < -0.39 is 0 Å². The molecule has 0 saturated carbocycles. The molecule has 6 heteroatoms. The lowest BCUT2D eigenvalue weighted by Gasteiger charge is -2.27. The van der Waals surface area contributed by atoms with Gasteiger partial charge >= 0.3 is 0 Å². The van der Waals surface area contributed by atoms with Crippen LogP contribution in [-0.4, -0.2) is 48.3 Å². The van der Waals surface area contributed by atoms with Crippen molar-refractivity contribution < 1.29 is 14.0 Å². The summed E-state index contributed by atoms with van der Waals surface area (Å²) in [5.41, 5.74) is 2.62. The van der Waals surface area contributed by atoms with Crippen LogP contribution in [-0.2, 0) is 9.59 Å². The van der Waals surface area contributed by atoms with Crippen LogP contribution in [0.3, 0.4) is 0 Å². The number of rotatable bonds is 9. The van der Waals surface area contributed by atoms with E-state index in [0.717, 1.165) is 34.4 Å². The summed E-state index contributed by atoms with van der Waals surface area (Å²) in [6, 6.07) is 17.2. The van der Waals surface area contributed by atoms with Gasteiger partial charge in [-0.1, -0.05) is 43.3 Å². The van der Waals surface area contributed by atoms with Crippen LogP contribution < -0.4 is 5.32 Å². The second-order valence-corrected chi connectivity index (χ2v) is 7.94. The van der Waals surface area contributed by atoms with Gasteiger partial charge in [-0.2, -0.15) is 0 Å². The highest BCUT2D eigenvalue weighted by Gasteiger charge is 2.23. The fraction of sp³-hybridized carbons (Fsp3) is 0.360. The van der Waals surface area contributed by atoms with E-state index in [0.29, 0.717) is 6.54 Å². The highest BCUT2D eigenvalue weighted by atomic mass is 16.3. The molecule has 0 spiro atoms. The van der Waals surface area contributed by atoms with Gasteiger partial charge in [0.15, 0.2) is 0 Å². The maximum absolute atomic E-state index is 13.0. The molecular formula is C25H31N3O3. The van der Waals surface area contributed by atoms with Crippen LogP contribution in [0.4, 0.5) is 5.69 Å². The number of para-hydroxylation sites is 2. The van der Waals surface area contributed by atoms with Crippen molar-refractivity contribution in [1.82, 2.24) is 9.80 Å². The van der Waals surface area contributed by atoms with Gasteiger partial charge in [-0.3, -0.25) is 14.5 Å². The lowest BCUT2D eigenvalue weighted by molar-refractivity contribution is -0.133. The number of nitrogens with zero attached hydrogens (tertiary/aromatic N) is 2. The van der Waals surface area contributed by atoms with Crippen LogP contribution >= 0.6 is 0 Å². The molecule has 164 valence electrons. The largest absolute Gasteiger partial charge is 0.459 e. The van der Waals surface area contributed by atoms with Crippen LogP contribution in [0, 0.1) is 6.92 Å². The van der Waals surface area contributed by atoms with Crippen molar-refractivity contribution in [2.45, 2.75) is 33.2 Å². The Morgan fingerprint density at radius 1 is 1.06 bits per heavy atom. The van der Waals surface area contributed by atoms with E-state index in [4.69, 9.17) is 4.42 Å². The number of hydrogen-bond acceptors (Lipinski definition) is 4. The molecule has 1 unspecified atom stereocenters. The van der Waals surface area contributed by atoms with E-state index in [1.54, 1.807) is 11.9 Å². The third-order valence-corrected chi connectivity index (χ3v) is 5.52. The zero-order valence-electron chi connectivity index (χ0n) is 18.7. The lowest BCUT2D eigenvalue weighted by Crippen LogP contribution is -2.42. The zero-order valence-corrected chi connectivity index (χ0v) is 18.7. The Labute approximate surface area is 183 Å². The highest BCUT2D eigenvalue weighted by molar-refractivity contribution is 5.93. The summed E-state index contributed by atoms with van der Waals surface area (Å²) in [4.78, 5) is 29.1. The molecule has 3 rings (SSSR count). The van der Waals surface area contributed by atoms with E-state index in [1.165, 1.54) is 0 Å². The summed E-state index contributed by atoms with van der Waals surface area (Å²) in [5.74, 6) is 0.574. The molecule has 1 atom stereocenters. The second-order valence-electron chi connectivity index (χ2n) is 7.94. The molecule has 6 nitrogen and oxygen atoms in total. The van der Waals surface area contributed by atoms with E-state index in [-0.39, 0.29) is 30.9 Å². The number of furan rings is 1. The third kappa shape index (κ3) is 5.73. The SMILES string of the molecule is CCCN(CC(=O)Nc1ccccc1C)CC(=O)N(C)C(C)c1cc2ccccc2o1. The number of likely N-dealkylation sites (N-methyl/N-ethyl adjacent to an activating group) is 1. The number of fused-ring (bicyclic) bond motifs is 1. The van der Waals surface area contributed by atoms with Gasteiger partial charge in [0, 0.05) is 18.1 Å². The Balaban J connectivity index is 1.62. The Hall–Kier alpha value is -3.12. The smallest absolute Gasteiger partial charge is 0.238 e. The molecule has 0 aliphatic heterocycles. The normalized spacial score (nSPS) is 12.2. The van der Waals surface area contributed by atoms with E-state index in [1.807, 2.05) is 80.3 Å². The van der Waals surface area contributed by atoms with Gasteiger partial charge < -0.3 is 14.6 Å². The molecule has 2 aromatic carbocycles. The van der Waals surface area contributed by atoms with Crippen molar-refractivity contribution in [1.29, 1.82) is 0 Å². The Morgan fingerprint density at radius 2 is 1.77 bits per heavy atom. The maximum Gasteiger partial charge on any atom is 0.238 e. The predicted octanol–water partition coefficient (Wildman–Crippen LogP) is 4.61. The molecule has 1 aromatic heterocycles. The van der Waals surface area contributed by atoms with Gasteiger partial charge in [-0.05, 0) is 50.6 Å². The van der Waals surface area contributed by atoms with Crippen molar-refractivity contribution in [3.8, 4) is 0 Å². The molecule has 31 heavy (non-hydrogen) atoms. The maximum atomic E-state index is 13.0. The molecule has 0 bridgehead atoms. The van der Waals surface area contributed by atoms with E-state index in [2.05, 4.69) is 5.32 Å². The van der Waals surface area contributed by atoms with Gasteiger partial charge in [0.1, 0.15) is 11.3 Å². The molecule has 0 saturated heterocycles. The number of benzene rings is 2. The molecule has 0 radical (unpaired) electrons. The Bertz CT molecular complexity index is 1010. The molecular weight excluding hydrogens is 390 g/mol. The summed E-state index contributed by atoms with van der Waals surface area (Å²) in [6.45, 7) is 6.95. The molecule has 1 N–H and O–H groups in total. The van der Waals surface area contributed by atoms with Crippen molar-refractivity contribution >= 4 is 28.5 Å². The third-order valence-electron chi connectivity index (χ3n) is 5.52. The number of anilines is 1. The minimum absolute atomic E-state index is 0.0508. The molecule has 0 fully saturated rings. The summed E-state index contributed by atoms with van der Waals surface area (Å²) in [6.07, 6.45) is 0.855. The molecule has 0 aliphatic carbocycles. The van der Waals surface area contributed by atoms with Crippen LogP contribution in [0.1, 0.15) is 37.6 Å². The van der Waals surface area contributed by atoms with Gasteiger partial charge in [0.25, 0.3) is 0 Å². The fourth-order valence-electron chi connectivity index (χ4n) is 3.55. The van der Waals surface area contributed by atoms with E-state index in [9.17, 15) is 9.59 Å². The first kappa shape index (κ1) is 22.6. The molecule has 1 heterocycles. The molecule has 2 amide bonds. The van der Waals surface area contributed by atoms with Crippen LogP contribution in [0.25, 0.3) is 11.0 Å². The Kier molecular flexibility index (Phi) is 7.47. The standard InChI is InChI=1S/C25H31N3O3/c1-5-14-28(16-24(29)26-21-12-8-6-10-18(21)2)17-25(30)27(4)19(3)23-15-20-11-7-9-13-22(20)31-23/h6-13,15,19H,5,14,16-17H2,1-4H3,(H,26,29). The average Bonchev–Trinajstić information content (AvgIpc) is 3.18. The summed E-state index contributed by atoms with van der Waals surface area (Å²) in [7, 11) is 1.78. The number of carbonyl (C=O) groups excluding carboxylic acids is 2. The van der Waals surface area contributed by atoms with Gasteiger partial charge in [-0.25, -0.2) is 0 Å². The number of amides is 2. The second kappa shape index (κ2) is 10.3. The first-order chi connectivity index (χ1) is 14.9. The Morgan fingerprint density at radius 3 is 2.48 bits per heavy atom. The quantitative estimate of drug-likeness (QED) is 0.548. The van der Waals surface area contributed by atoms with Gasteiger partial charge in [-0.15, -0.1) is 0 Å². The summed E-state index contributed by atoms with van der Waals surface area (Å²) < 4.78 is 5.92. The highest BCUT2D eigenvalue weighted by Crippen LogP contribution is 2.26. The minimum Gasteiger partial charge on any atom is -0.459 e. The van der Waals surface area contributed by atoms with Crippen LogP contribution in [0.5, 0.6) is 0 Å². The number of carbonyl (C=O) groups is 2. The number of hydrogen-bond donors (Lipinski definition) is 1. The van der Waals surface area contributed by atoms with Crippen molar-refractivity contribution in [2.75, 3.05) is 32.0 Å². The fourth-order valence-corrected chi connectivity index (χ4v) is 3.55. The molecule has 3 aromatic rings. The van der Waals surface area contributed by atoms with Crippen LogP contribution in [0.2, 0.25) is 0 Å². The summed E-state index contributed by atoms with van der Waals surface area (Å²) >= 11 is 0. The number of aryl methyl sites for hydroxylation is 1. The lowest BCUT2D eigenvalue weighted by atomic mass is 10.2. The van der Waals surface area contributed by atoms with Crippen LogP contribution in [0.15, 0.2) is 59.0 Å². The minimum atomic E-state index is -0.204. The zero-order chi connectivity index (χ0) is 22.4. The monoisotopic (exact) mass is 421 g/mol. The molecule has 0 aliphatic rings. The average molecular weight is 422 g/mol. The first-order valence-electron chi connectivity index (χ1n) is 10.7. The van der Waals surface area contributed by atoms with Crippen molar-refractivity contribution in [2.24, 2.45) is 0 Å². The van der Waals surface area contributed by atoms with E-state index >= 15 is 0 Å². The summed E-state index contributed by atoms with van der Waals surface area (Å²) in [5, 5.41) is 3.96. The predicted molar refractivity (Wildman–Crippen MR) is 124 cm³/mol. The van der Waals surface area contributed by atoms with Gasteiger partial charge in [0.05, 0.1) is 19.1 Å². The van der Waals surface area contributed by atoms with Crippen molar-refractivity contribution in [3.05, 3.63) is 65.9 Å². The first-order valence-corrected chi connectivity index (χ1v) is 10.7. The van der Waals surface area contributed by atoms with Gasteiger partial charge in [0.2, 0.25) is 11.8 Å². The van der Waals surface area contributed by atoms with Crippen molar-refractivity contribution in [3.63, 3.8) is 0 Å².